The average molecular weight is 391 g/mol. The number of Topliss-reactive ketones (excluding diaryl/α,β-unsaturated/α-hetero) is 1. The number of hydrogen-bond acceptors (Lipinski definition) is 4. The van der Waals surface area contributed by atoms with E-state index in [9.17, 15) is 19.8 Å². The predicted octanol–water partition coefficient (Wildman–Crippen LogP) is 4.32. The van der Waals surface area contributed by atoms with Crippen molar-refractivity contribution in [1.82, 2.24) is 4.90 Å². The van der Waals surface area contributed by atoms with Crippen molar-refractivity contribution in [2.24, 2.45) is 0 Å². The second kappa shape index (κ2) is 7.74. The van der Waals surface area contributed by atoms with Crippen LogP contribution in [-0.4, -0.2) is 32.8 Å². The summed E-state index contributed by atoms with van der Waals surface area (Å²) in [5, 5.41) is 21.0. The summed E-state index contributed by atoms with van der Waals surface area (Å²) in [4.78, 5) is 27.6. The number of aryl methyl sites for hydroxylation is 1. The molecule has 0 radical (unpaired) electrons. The molecule has 1 unspecified atom stereocenters. The van der Waals surface area contributed by atoms with Crippen LogP contribution in [0.1, 0.15) is 55.3 Å². The Kier molecular flexibility index (Phi) is 5.14. The normalized spacial score (nSPS) is 21.8. The lowest BCUT2D eigenvalue weighted by Crippen LogP contribution is -2.37. The first-order chi connectivity index (χ1) is 14.0. The molecule has 5 nitrogen and oxygen atoms in total. The van der Waals surface area contributed by atoms with Crippen molar-refractivity contribution in [3.8, 4) is 5.75 Å². The minimum atomic E-state index is -0.698. The molecule has 2 N–H and O–H groups in total. The number of nitrogens with zero attached hydrogens (tertiary/aromatic N) is 1. The number of carbonyl (C=O) groups is 2. The van der Waals surface area contributed by atoms with Crippen LogP contribution in [0.15, 0.2) is 54.1 Å². The van der Waals surface area contributed by atoms with E-state index in [1.54, 1.807) is 41.3 Å². The number of likely N-dealkylation sites (tertiary alicyclic amines) is 1. The molecule has 1 saturated carbocycles. The van der Waals surface area contributed by atoms with E-state index in [1.165, 1.54) is 0 Å². The van der Waals surface area contributed by atoms with Gasteiger partial charge in [-0.25, -0.2) is 0 Å². The summed E-state index contributed by atoms with van der Waals surface area (Å²) in [5.74, 6) is -1.34. The van der Waals surface area contributed by atoms with Gasteiger partial charge in [-0.15, -0.1) is 0 Å². The van der Waals surface area contributed by atoms with Gasteiger partial charge in [-0.1, -0.05) is 56.2 Å². The van der Waals surface area contributed by atoms with Gasteiger partial charge in [0.2, 0.25) is 0 Å². The first kappa shape index (κ1) is 19.2. The number of benzene rings is 2. The van der Waals surface area contributed by atoms with E-state index in [2.05, 4.69) is 0 Å². The maximum absolute atomic E-state index is 13.0. The Labute approximate surface area is 170 Å². The predicted molar refractivity (Wildman–Crippen MR) is 110 cm³/mol. The quantitative estimate of drug-likeness (QED) is 0.462. The summed E-state index contributed by atoms with van der Waals surface area (Å²) in [5.41, 5.74) is 2.36. The van der Waals surface area contributed by atoms with E-state index >= 15 is 0 Å². The molecule has 1 atom stereocenters. The van der Waals surface area contributed by atoms with Crippen LogP contribution < -0.4 is 0 Å². The van der Waals surface area contributed by atoms with Crippen molar-refractivity contribution in [3.63, 3.8) is 0 Å². The van der Waals surface area contributed by atoms with Gasteiger partial charge in [0.15, 0.2) is 0 Å². The summed E-state index contributed by atoms with van der Waals surface area (Å²) in [7, 11) is 0. The summed E-state index contributed by atoms with van der Waals surface area (Å²) >= 11 is 0. The molecule has 150 valence electrons. The number of phenols is 1. The molecule has 1 amide bonds. The molecule has 1 aliphatic heterocycles. The van der Waals surface area contributed by atoms with E-state index in [4.69, 9.17) is 0 Å². The second-order valence-corrected chi connectivity index (χ2v) is 7.79. The summed E-state index contributed by atoms with van der Waals surface area (Å²) < 4.78 is 0. The molecule has 1 heterocycles. The summed E-state index contributed by atoms with van der Waals surface area (Å²) in [6, 6.07) is 13.2. The van der Waals surface area contributed by atoms with Crippen molar-refractivity contribution in [2.45, 2.75) is 51.1 Å². The number of aliphatic hydroxyl groups excluding tert-OH is 1. The van der Waals surface area contributed by atoms with Gasteiger partial charge in [0, 0.05) is 11.6 Å². The van der Waals surface area contributed by atoms with Crippen LogP contribution in [0.25, 0.3) is 5.76 Å². The number of hydrogen-bond donors (Lipinski definition) is 2. The van der Waals surface area contributed by atoms with Crippen molar-refractivity contribution in [3.05, 3.63) is 70.8 Å². The minimum absolute atomic E-state index is 0.0356. The Balaban J connectivity index is 1.87. The lowest BCUT2D eigenvalue weighted by Gasteiger charge is -2.30. The Bertz CT molecular complexity index is 971. The van der Waals surface area contributed by atoms with E-state index in [0.717, 1.165) is 37.7 Å². The van der Waals surface area contributed by atoms with Crippen molar-refractivity contribution >= 4 is 17.4 Å². The van der Waals surface area contributed by atoms with Crippen LogP contribution in [-0.2, 0) is 16.0 Å². The largest absolute Gasteiger partial charge is 0.508 e. The van der Waals surface area contributed by atoms with Gasteiger partial charge in [-0.05, 0) is 42.5 Å². The van der Waals surface area contributed by atoms with Crippen molar-refractivity contribution in [1.29, 1.82) is 0 Å². The van der Waals surface area contributed by atoms with Gasteiger partial charge in [0.1, 0.15) is 11.5 Å². The molecule has 29 heavy (non-hydrogen) atoms. The molecule has 2 aliphatic rings. The van der Waals surface area contributed by atoms with Gasteiger partial charge in [0.05, 0.1) is 11.6 Å². The maximum Gasteiger partial charge on any atom is 0.295 e. The highest BCUT2D eigenvalue weighted by atomic mass is 16.3. The average Bonchev–Trinajstić information content (AvgIpc) is 3.34. The fourth-order valence-electron chi connectivity index (χ4n) is 4.49. The first-order valence-corrected chi connectivity index (χ1v) is 10.2. The van der Waals surface area contributed by atoms with Crippen molar-refractivity contribution in [2.75, 3.05) is 0 Å². The van der Waals surface area contributed by atoms with Gasteiger partial charge >= 0.3 is 0 Å². The summed E-state index contributed by atoms with van der Waals surface area (Å²) in [6.45, 7) is 2.05. The number of rotatable bonds is 4. The highest BCUT2D eigenvalue weighted by molar-refractivity contribution is 6.46. The van der Waals surface area contributed by atoms with E-state index in [-0.39, 0.29) is 23.1 Å². The number of phenolic OH excluding ortho intramolecular Hbond substituents is 1. The molecule has 1 aliphatic carbocycles. The Morgan fingerprint density at radius 2 is 1.76 bits per heavy atom. The topological polar surface area (TPSA) is 77.8 Å². The lowest BCUT2D eigenvalue weighted by molar-refractivity contribution is -0.141. The third-order valence-corrected chi connectivity index (χ3v) is 6.02. The number of aromatic hydroxyl groups is 1. The molecular weight excluding hydrogens is 366 g/mol. The molecule has 2 aromatic carbocycles. The van der Waals surface area contributed by atoms with E-state index < -0.39 is 17.7 Å². The highest BCUT2D eigenvalue weighted by Crippen LogP contribution is 2.43. The maximum atomic E-state index is 13.0. The van der Waals surface area contributed by atoms with Gasteiger partial charge in [-0.2, -0.15) is 0 Å². The smallest absolute Gasteiger partial charge is 0.295 e. The Morgan fingerprint density at radius 1 is 1.07 bits per heavy atom. The van der Waals surface area contributed by atoms with Gasteiger partial charge in [0.25, 0.3) is 11.7 Å². The third kappa shape index (κ3) is 3.41. The SMILES string of the molecule is CCc1ccc(/C(O)=C2/C(=O)C(=O)N(C3CCCC3)C2c2cccc(O)c2)cc1. The van der Waals surface area contributed by atoms with E-state index in [0.29, 0.717) is 11.1 Å². The van der Waals surface area contributed by atoms with Crippen molar-refractivity contribution < 1.29 is 19.8 Å². The second-order valence-electron chi connectivity index (χ2n) is 7.79. The van der Waals surface area contributed by atoms with E-state index in [1.807, 2.05) is 19.1 Å². The summed E-state index contributed by atoms with van der Waals surface area (Å²) in [6.07, 6.45) is 4.58. The zero-order chi connectivity index (χ0) is 20.5. The molecule has 2 aromatic rings. The minimum Gasteiger partial charge on any atom is -0.508 e. The van der Waals surface area contributed by atoms with Crippen LogP contribution in [0, 0.1) is 0 Å². The third-order valence-electron chi connectivity index (χ3n) is 6.02. The zero-order valence-electron chi connectivity index (χ0n) is 16.5. The number of ketones is 1. The van der Waals surface area contributed by atoms with Crippen LogP contribution in [0.3, 0.4) is 0 Å². The van der Waals surface area contributed by atoms with Gasteiger partial charge < -0.3 is 15.1 Å². The fourth-order valence-corrected chi connectivity index (χ4v) is 4.49. The van der Waals surface area contributed by atoms with Gasteiger partial charge in [-0.3, -0.25) is 9.59 Å². The number of aliphatic hydroxyl groups is 1. The molecule has 0 aromatic heterocycles. The molecule has 1 saturated heterocycles. The molecule has 5 heteroatoms. The molecular formula is C24H25NO4. The Hall–Kier alpha value is -3.08. The molecule has 0 spiro atoms. The zero-order valence-corrected chi connectivity index (χ0v) is 16.5. The van der Waals surface area contributed by atoms with Crippen LogP contribution in [0.2, 0.25) is 0 Å². The standard InChI is InChI=1S/C24H25NO4/c1-2-15-10-12-16(13-11-15)22(27)20-21(17-6-5-9-19(26)14-17)25(24(29)23(20)28)18-7-3-4-8-18/h5-6,9-14,18,21,26-27H,2-4,7-8H2,1H3/b22-20-. The molecule has 2 fully saturated rings. The highest BCUT2D eigenvalue weighted by Gasteiger charge is 2.49. The monoisotopic (exact) mass is 391 g/mol. The number of amides is 1. The Morgan fingerprint density at radius 3 is 2.38 bits per heavy atom. The van der Waals surface area contributed by atoms with Crippen LogP contribution >= 0.6 is 0 Å². The lowest BCUT2D eigenvalue weighted by atomic mass is 9.94. The fraction of sp³-hybridized carbons (Fsp3) is 0.333. The molecule has 4 rings (SSSR count). The first-order valence-electron chi connectivity index (χ1n) is 10.2. The van der Waals surface area contributed by atoms with Crippen LogP contribution in [0.4, 0.5) is 0 Å². The van der Waals surface area contributed by atoms with Crippen LogP contribution in [0.5, 0.6) is 5.75 Å². The molecule has 0 bridgehead atoms. The number of carbonyl (C=O) groups excluding carboxylic acids is 2.